The largest absolute Gasteiger partial charge is 0.481 e. The van der Waals surface area contributed by atoms with Crippen LogP contribution in [0.4, 0.5) is 0 Å². The van der Waals surface area contributed by atoms with Crippen LogP contribution >= 0.6 is 22.9 Å². The van der Waals surface area contributed by atoms with Gasteiger partial charge in [-0.05, 0) is 25.0 Å². The van der Waals surface area contributed by atoms with Crippen LogP contribution in [0.2, 0.25) is 4.34 Å². The maximum atomic E-state index is 10.8. The summed E-state index contributed by atoms with van der Waals surface area (Å²) in [4.78, 5) is 14.4. The minimum atomic E-state index is -0.693. The molecule has 1 N–H and O–H groups in total. The van der Waals surface area contributed by atoms with Crippen molar-refractivity contribution in [2.24, 2.45) is 11.8 Å². The Labute approximate surface area is 110 Å². The number of carboxylic acid groups (broad SMARTS) is 1. The van der Waals surface area contributed by atoms with Crippen molar-refractivity contribution in [1.82, 2.24) is 4.90 Å². The molecule has 2 unspecified atom stereocenters. The highest BCUT2D eigenvalue weighted by Crippen LogP contribution is 2.36. The van der Waals surface area contributed by atoms with Gasteiger partial charge in [0.05, 0.1) is 10.3 Å². The zero-order valence-electron chi connectivity index (χ0n) is 9.89. The fourth-order valence-corrected chi connectivity index (χ4v) is 3.26. The Hall–Kier alpha value is -0.580. The lowest BCUT2D eigenvalue weighted by Gasteiger charge is -2.44. The van der Waals surface area contributed by atoms with Crippen LogP contribution in [0, 0.1) is 11.8 Å². The molecule has 2 atom stereocenters. The van der Waals surface area contributed by atoms with Gasteiger partial charge in [0.15, 0.2) is 0 Å². The Morgan fingerprint density at radius 3 is 2.65 bits per heavy atom. The number of carbonyl (C=O) groups is 1. The highest BCUT2D eigenvalue weighted by Gasteiger charge is 2.37. The lowest BCUT2D eigenvalue weighted by molar-refractivity contribution is -0.145. The average Bonchev–Trinajstić information content (AvgIpc) is 2.62. The number of aliphatic carboxylic acids is 1. The van der Waals surface area contributed by atoms with E-state index in [0.29, 0.717) is 6.04 Å². The van der Waals surface area contributed by atoms with Crippen molar-refractivity contribution in [3.63, 3.8) is 0 Å². The number of hydrogen-bond acceptors (Lipinski definition) is 3. The molecular weight excluding hydrogens is 258 g/mol. The van der Waals surface area contributed by atoms with Crippen LogP contribution in [0.5, 0.6) is 0 Å². The van der Waals surface area contributed by atoms with Gasteiger partial charge >= 0.3 is 5.97 Å². The van der Waals surface area contributed by atoms with E-state index in [0.717, 1.165) is 17.4 Å². The molecule has 5 heteroatoms. The Bertz CT molecular complexity index is 414. The van der Waals surface area contributed by atoms with Gasteiger partial charge in [-0.3, -0.25) is 9.69 Å². The van der Waals surface area contributed by atoms with Crippen LogP contribution in [-0.2, 0) is 4.79 Å². The first-order chi connectivity index (χ1) is 7.99. The van der Waals surface area contributed by atoms with E-state index in [1.807, 2.05) is 12.1 Å². The quantitative estimate of drug-likeness (QED) is 0.916. The molecule has 0 bridgehead atoms. The van der Waals surface area contributed by atoms with Crippen LogP contribution in [0.15, 0.2) is 12.1 Å². The number of carboxylic acids is 1. The normalized spacial score (nSPS) is 20.9. The van der Waals surface area contributed by atoms with Gasteiger partial charge in [0.2, 0.25) is 0 Å². The van der Waals surface area contributed by atoms with E-state index in [4.69, 9.17) is 16.7 Å². The fraction of sp³-hybridized carbons (Fsp3) is 0.583. The summed E-state index contributed by atoms with van der Waals surface area (Å²) in [6.45, 7) is 5.66. The van der Waals surface area contributed by atoms with E-state index >= 15 is 0 Å². The second-order valence-electron chi connectivity index (χ2n) is 4.66. The topological polar surface area (TPSA) is 40.5 Å². The molecule has 0 amide bonds. The molecule has 1 fully saturated rings. The van der Waals surface area contributed by atoms with Gasteiger partial charge in [-0.1, -0.05) is 18.5 Å². The number of hydrogen-bond donors (Lipinski definition) is 1. The summed E-state index contributed by atoms with van der Waals surface area (Å²) >= 11 is 7.51. The first-order valence-electron chi connectivity index (χ1n) is 5.71. The SMILES string of the molecule is CC(C(=O)O)C1CN(C(C)c2ccc(Cl)s2)C1. The molecule has 1 saturated heterocycles. The molecule has 1 aliphatic heterocycles. The smallest absolute Gasteiger partial charge is 0.306 e. The van der Waals surface area contributed by atoms with Crippen molar-refractivity contribution in [3.8, 4) is 0 Å². The number of rotatable bonds is 4. The van der Waals surface area contributed by atoms with Gasteiger partial charge in [-0.2, -0.15) is 0 Å². The van der Waals surface area contributed by atoms with Crippen LogP contribution in [0.25, 0.3) is 0 Å². The Kier molecular flexibility index (Phi) is 3.76. The average molecular weight is 274 g/mol. The summed E-state index contributed by atoms with van der Waals surface area (Å²) < 4.78 is 0.808. The van der Waals surface area contributed by atoms with E-state index < -0.39 is 5.97 Å². The Morgan fingerprint density at radius 1 is 1.53 bits per heavy atom. The van der Waals surface area contributed by atoms with E-state index in [1.165, 1.54) is 4.88 Å². The molecule has 0 radical (unpaired) electrons. The van der Waals surface area contributed by atoms with Crippen molar-refractivity contribution < 1.29 is 9.90 Å². The van der Waals surface area contributed by atoms with E-state index in [2.05, 4.69) is 11.8 Å². The zero-order valence-corrected chi connectivity index (χ0v) is 11.5. The molecule has 3 nitrogen and oxygen atoms in total. The first kappa shape index (κ1) is 12.9. The summed E-state index contributed by atoms with van der Waals surface area (Å²) in [5.74, 6) is -0.655. The Balaban J connectivity index is 1.89. The van der Waals surface area contributed by atoms with Crippen molar-refractivity contribution >= 4 is 28.9 Å². The summed E-state index contributed by atoms with van der Waals surface area (Å²) in [6.07, 6.45) is 0. The summed E-state index contributed by atoms with van der Waals surface area (Å²) in [7, 11) is 0. The van der Waals surface area contributed by atoms with Gasteiger partial charge in [0.25, 0.3) is 0 Å². The number of nitrogens with zero attached hydrogens (tertiary/aromatic N) is 1. The van der Waals surface area contributed by atoms with Crippen LogP contribution in [0.1, 0.15) is 24.8 Å². The third kappa shape index (κ3) is 2.64. The maximum absolute atomic E-state index is 10.8. The number of likely N-dealkylation sites (tertiary alicyclic amines) is 1. The van der Waals surface area contributed by atoms with E-state index in [9.17, 15) is 4.79 Å². The van der Waals surface area contributed by atoms with Crippen molar-refractivity contribution in [2.75, 3.05) is 13.1 Å². The highest BCUT2D eigenvalue weighted by atomic mass is 35.5. The second kappa shape index (κ2) is 4.96. The zero-order chi connectivity index (χ0) is 12.6. The molecule has 2 heterocycles. The molecule has 17 heavy (non-hydrogen) atoms. The molecule has 1 aromatic rings. The molecular formula is C12H16ClNO2S. The maximum Gasteiger partial charge on any atom is 0.306 e. The highest BCUT2D eigenvalue weighted by molar-refractivity contribution is 7.16. The Morgan fingerprint density at radius 2 is 2.18 bits per heavy atom. The van der Waals surface area contributed by atoms with Gasteiger partial charge in [-0.15, -0.1) is 11.3 Å². The molecule has 94 valence electrons. The van der Waals surface area contributed by atoms with Crippen LogP contribution in [-0.4, -0.2) is 29.1 Å². The minimum absolute atomic E-state index is 0.245. The molecule has 1 aromatic heterocycles. The third-order valence-electron chi connectivity index (χ3n) is 3.59. The van der Waals surface area contributed by atoms with E-state index in [-0.39, 0.29) is 11.8 Å². The van der Waals surface area contributed by atoms with Gasteiger partial charge in [-0.25, -0.2) is 0 Å². The molecule has 1 aliphatic rings. The first-order valence-corrected chi connectivity index (χ1v) is 6.90. The van der Waals surface area contributed by atoms with E-state index in [1.54, 1.807) is 18.3 Å². The molecule has 0 aliphatic carbocycles. The second-order valence-corrected chi connectivity index (χ2v) is 6.41. The summed E-state index contributed by atoms with van der Waals surface area (Å²) in [5.41, 5.74) is 0. The van der Waals surface area contributed by atoms with Crippen molar-refractivity contribution in [3.05, 3.63) is 21.3 Å². The van der Waals surface area contributed by atoms with Crippen molar-refractivity contribution in [2.45, 2.75) is 19.9 Å². The minimum Gasteiger partial charge on any atom is -0.481 e. The predicted octanol–water partition coefficient (Wildman–Crippen LogP) is 3.12. The molecule has 2 rings (SSSR count). The summed E-state index contributed by atoms with van der Waals surface area (Å²) in [6, 6.07) is 4.30. The standard InChI is InChI=1S/C12H16ClNO2S/c1-7(12(15)16)9-5-14(6-9)8(2)10-3-4-11(13)17-10/h3-4,7-9H,5-6H2,1-2H3,(H,15,16). The third-order valence-corrected chi connectivity index (χ3v) is 4.99. The fourth-order valence-electron chi connectivity index (χ4n) is 2.12. The van der Waals surface area contributed by atoms with Crippen LogP contribution < -0.4 is 0 Å². The predicted molar refractivity (Wildman–Crippen MR) is 69.6 cm³/mol. The van der Waals surface area contributed by atoms with Gasteiger partial charge < -0.3 is 5.11 Å². The van der Waals surface area contributed by atoms with Gasteiger partial charge in [0, 0.05) is 24.0 Å². The summed E-state index contributed by atoms with van der Waals surface area (Å²) in [5, 5.41) is 8.93. The van der Waals surface area contributed by atoms with Crippen molar-refractivity contribution in [1.29, 1.82) is 0 Å². The molecule has 0 saturated carbocycles. The van der Waals surface area contributed by atoms with Gasteiger partial charge in [0.1, 0.15) is 0 Å². The number of halogens is 1. The lowest BCUT2D eigenvalue weighted by Crippen LogP contribution is -2.51. The van der Waals surface area contributed by atoms with Crippen LogP contribution in [0.3, 0.4) is 0 Å². The number of thiophene rings is 1. The monoisotopic (exact) mass is 273 g/mol. The molecule has 0 aromatic carbocycles. The molecule has 0 spiro atoms. The lowest BCUT2D eigenvalue weighted by atomic mass is 9.86.